The van der Waals surface area contributed by atoms with Crippen molar-refractivity contribution in [2.24, 2.45) is 5.92 Å². The second-order valence-electron chi connectivity index (χ2n) is 8.09. The largest absolute Gasteiger partial charge is 0.497 e. The zero-order valence-corrected chi connectivity index (χ0v) is 18.4. The van der Waals surface area contributed by atoms with Gasteiger partial charge in [-0.05, 0) is 36.6 Å². The number of ether oxygens (including phenoxy) is 2. The lowest BCUT2D eigenvalue weighted by atomic mass is 9.83. The van der Waals surface area contributed by atoms with E-state index in [4.69, 9.17) is 9.47 Å². The van der Waals surface area contributed by atoms with Crippen LogP contribution in [0.3, 0.4) is 0 Å². The molecule has 31 heavy (non-hydrogen) atoms. The summed E-state index contributed by atoms with van der Waals surface area (Å²) in [5, 5.41) is 0. The monoisotopic (exact) mass is 425 g/mol. The molecule has 6 heteroatoms. The highest BCUT2D eigenvalue weighted by Crippen LogP contribution is 2.38. The lowest BCUT2D eigenvalue weighted by Crippen LogP contribution is -2.38. The summed E-state index contributed by atoms with van der Waals surface area (Å²) in [4.78, 5) is 27.6. The van der Waals surface area contributed by atoms with Gasteiger partial charge in [0.05, 0.1) is 25.8 Å². The summed E-state index contributed by atoms with van der Waals surface area (Å²) in [5.41, 5.74) is 2.15. The van der Waals surface area contributed by atoms with Crippen molar-refractivity contribution in [2.75, 3.05) is 13.7 Å². The summed E-state index contributed by atoms with van der Waals surface area (Å²) in [7, 11) is 1.58. The van der Waals surface area contributed by atoms with Crippen molar-refractivity contribution in [3.63, 3.8) is 0 Å². The van der Waals surface area contributed by atoms with Gasteiger partial charge in [0.1, 0.15) is 11.6 Å². The summed E-state index contributed by atoms with van der Waals surface area (Å²) in [5.74, 6) is -0.556. The molecule has 0 spiro atoms. The van der Waals surface area contributed by atoms with Gasteiger partial charge in [0.15, 0.2) is 0 Å². The Morgan fingerprint density at radius 1 is 1.16 bits per heavy atom. The zero-order valence-electron chi connectivity index (χ0n) is 18.4. The van der Waals surface area contributed by atoms with Gasteiger partial charge in [-0.1, -0.05) is 44.2 Å². The van der Waals surface area contributed by atoms with Crippen LogP contribution in [0.4, 0.5) is 4.39 Å². The normalized spacial score (nSPS) is 16.6. The van der Waals surface area contributed by atoms with Gasteiger partial charge in [0.25, 0.3) is 0 Å². The van der Waals surface area contributed by atoms with Crippen molar-refractivity contribution in [1.29, 1.82) is 0 Å². The van der Waals surface area contributed by atoms with E-state index in [1.54, 1.807) is 44.4 Å². The average molecular weight is 426 g/mol. The summed E-state index contributed by atoms with van der Waals surface area (Å²) < 4.78 is 25.0. The van der Waals surface area contributed by atoms with Crippen molar-refractivity contribution in [3.05, 3.63) is 76.7 Å². The maximum atomic E-state index is 14.2. The Labute approximate surface area is 182 Å². The van der Waals surface area contributed by atoms with Gasteiger partial charge < -0.3 is 14.4 Å². The fourth-order valence-corrected chi connectivity index (χ4v) is 3.71. The Hall–Kier alpha value is -3.15. The van der Waals surface area contributed by atoms with Gasteiger partial charge in [0, 0.05) is 23.6 Å². The Morgan fingerprint density at radius 2 is 1.84 bits per heavy atom. The van der Waals surface area contributed by atoms with Crippen LogP contribution in [0.5, 0.6) is 5.75 Å². The second-order valence-corrected chi connectivity index (χ2v) is 8.09. The highest BCUT2D eigenvalue weighted by Gasteiger charge is 2.37. The molecule has 1 heterocycles. The fourth-order valence-electron chi connectivity index (χ4n) is 3.71. The third kappa shape index (κ3) is 5.13. The third-order valence-electron chi connectivity index (χ3n) is 5.40. The van der Waals surface area contributed by atoms with Crippen LogP contribution in [0.25, 0.3) is 0 Å². The first-order valence-electron chi connectivity index (χ1n) is 10.4. The molecule has 0 fully saturated rings. The average Bonchev–Trinajstić information content (AvgIpc) is 2.75. The molecule has 0 bridgehead atoms. The quantitative estimate of drug-likeness (QED) is 0.597. The maximum absolute atomic E-state index is 14.2. The van der Waals surface area contributed by atoms with Crippen LogP contribution in [-0.4, -0.2) is 30.5 Å². The number of allylic oxidation sites excluding steroid dienone is 1. The summed E-state index contributed by atoms with van der Waals surface area (Å²) >= 11 is 0. The number of methoxy groups -OCH3 is 1. The number of halogens is 1. The third-order valence-corrected chi connectivity index (χ3v) is 5.40. The SMILES string of the molecule is COc1ccc(C2CC(=O)N(Cc3ccccc3F)C(C)=C2C(=O)OCC(C)C)cc1. The van der Waals surface area contributed by atoms with Crippen molar-refractivity contribution < 1.29 is 23.5 Å². The number of hydrogen-bond donors (Lipinski definition) is 0. The number of benzene rings is 2. The standard InChI is InChI=1S/C25H28FNO4/c1-16(2)15-31-25(29)24-17(3)27(14-19-7-5-6-8-22(19)26)23(28)13-21(24)18-9-11-20(30-4)12-10-18/h5-12,16,21H,13-15H2,1-4H3. The molecule has 1 aliphatic heterocycles. The van der Waals surface area contributed by atoms with Gasteiger partial charge in [-0.3, -0.25) is 4.79 Å². The predicted octanol–water partition coefficient (Wildman–Crippen LogP) is 4.82. The highest BCUT2D eigenvalue weighted by molar-refractivity contribution is 5.95. The van der Waals surface area contributed by atoms with E-state index in [2.05, 4.69) is 0 Å². The van der Waals surface area contributed by atoms with Crippen LogP contribution in [0.2, 0.25) is 0 Å². The molecule has 3 rings (SSSR count). The minimum absolute atomic E-state index is 0.0631. The smallest absolute Gasteiger partial charge is 0.336 e. The molecule has 0 aromatic heterocycles. The molecule has 0 aliphatic carbocycles. The van der Waals surface area contributed by atoms with Gasteiger partial charge in [-0.2, -0.15) is 0 Å². The molecule has 0 saturated heterocycles. The van der Waals surface area contributed by atoms with Crippen LogP contribution in [0.15, 0.2) is 59.8 Å². The zero-order chi connectivity index (χ0) is 22.5. The van der Waals surface area contributed by atoms with Crippen LogP contribution < -0.4 is 4.74 Å². The van der Waals surface area contributed by atoms with Crippen LogP contribution >= 0.6 is 0 Å². The molecule has 1 atom stereocenters. The van der Waals surface area contributed by atoms with Gasteiger partial charge in [-0.15, -0.1) is 0 Å². The topological polar surface area (TPSA) is 55.8 Å². The van der Waals surface area contributed by atoms with Gasteiger partial charge >= 0.3 is 5.97 Å². The number of carbonyl (C=O) groups is 2. The van der Waals surface area contributed by atoms with E-state index in [0.717, 1.165) is 5.56 Å². The first kappa shape index (κ1) is 22.5. The number of nitrogens with zero attached hydrogens (tertiary/aromatic N) is 1. The van der Waals surface area contributed by atoms with E-state index in [1.807, 2.05) is 26.0 Å². The number of hydrogen-bond acceptors (Lipinski definition) is 4. The highest BCUT2D eigenvalue weighted by atomic mass is 19.1. The van der Waals surface area contributed by atoms with E-state index in [9.17, 15) is 14.0 Å². The van der Waals surface area contributed by atoms with Gasteiger partial charge in [0.2, 0.25) is 5.91 Å². The van der Waals surface area contributed by atoms with Crippen LogP contribution in [0.1, 0.15) is 44.2 Å². The molecule has 0 N–H and O–H groups in total. The number of amides is 1. The summed E-state index contributed by atoms with van der Waals surface area (Å²) in [6, 6.07) is 13.6. The van der Waals surface area contributed by atoms with Crippen molar-refractivity contribution >= 4 is 11.9 Å². The predicted molar refractivity (Wildman–Crippen MR) is 116 cm³/mol. The van der Waals surface area contributed by atoms with Crippen molar-refractivity contribution in [1.82, 2.24) is 4.90 Å². The van der Waals surface area contributed by atoms with Crippen LogP contribution in [0, 0.1) is 11.7 Å². The van der Waals surface area contributed by atoms with Gasteiger partial charge in [-0.25, -0.2) is 9.18 Å². The second kappa shape index (κ2) is 9.77. The Morgan fingerprint density at radius 3 is 2.45 bits per heavy atom. The Bertz CT molecular complexity index is 981. The lowest BCUT2D eigenvalue weighted by molar-refractivity contribution is -0.141. The van der Waals surface area contributed by atoms with Crippen molar-refractivity contribution in [2.45, 2.75) is 39.7 Å². The lowest BCUT2D eigenvalue weighted by Gasteiger charge is -2.34. The van der Waals surface area contributed by atoms with E-state index >= 15 is 0 Å². The first-order valence-corrected chi connectivity index (χ1v) is 10.4. The Balaban J connectivity index is 2.01. The molecule has 2 aromatic rings. The van der Waals surface area contributed by atoms with E-state index < -0.39 is 11.9 Å². The van der Waals surface area contributed by atoms with Crippen LogP contribution in [-0.2, 0) is 20.9 Å². The fraction of sp³-hybridized carbons (Fsp3) is 0.360. The number of rotatable bonds is 7. The van der Waals surface area contributed by atoms with E-state index in [1.165, 1.54) is 11.0 Å². The molecular formula is C25H28FNO4. The molecule has 1 amide bonds. The van der Waals surface area contributed by atoms with Crippen molar-refractivity contribution in [3.8, 4) is 5.75 Å². The number of esters is 1. The van der Waals surface area contributed by atoms with E-state index in [-0.39, 0.29) is 37.2 Å². The molecule has 5 nitrogen and oxygen atoms in total. The van der Waals surface area contributed by atoms with E-state index in [0.29, 0.717) is 22.6 Å². The molecule has 1 unspecified atom stereocenters. The Kier molecular flexibility index (Phi) is 7.10. The summed E-state index contributed by atoms with van der Waals surface area (Å²) in [6.45, 7) is 5.99. The first-order chi connectivity index (χ1) is 14.8. The maximum Gasteiger partial charge on any atom is 0.336 e. The molecule has 2 aromatic carbocycles. The molecule has 1 aliphatic rings. The number of carbonyl (C=O) groups excluding carboxylic acids is 2. The minimum atomic E-state index is -0.446. The molecule has 0 radical (unpaired) electrons. The molecular weight excluding hydrogens is 397 g/mol. The molecule has 164 valence electrons. The minimum Gasteiger partial charge on any atom is -0.497 e. The summed E-state index contributed by atoms with van der Waals surface area (Å²) in [6.07, 6.45) is 0.101. The molecule has 0 saturated carbocycles.